The molecule has 2 saturated heterocycles. The summed E-state index contributed by atoms with van der Waals surface area (Å²) in [5.74, 6) is 1.33. The summed E-state index contributed by atoms with van der Waals surface area (Å²) in [6.07, 6.45) is 3.92. The smallest absolute Gasteiger partial charge is 0.274 e. The molecule has 3 heterocycles. The molecule has 7 heteroatoms. The van der Waals surface area contributed by atoms with E-state index in [-0.39, 0.29) is 18.0 Å². The molecular weight excluding hydrogens is 378 g/mol. The summed E-state index contributed by atoms with van der Waals surface area (Å²) in [5.41, 5.74) is 1.95. The first kappa shape index (κ1) is 18.3. The number of hydrogen-bond acceptors (Lipinski definition) is 5. The highest BCUT2D eigenvalue weighted by Crippen LogP contribution is 2.34. The monoisotopic (exact) mass is 399 g/mol. The number of benzene rings is 2. The third-order valence-electron chi connectivity index (χ3n) is 5.87. The number of carbonyl (C=O) groups is 1. The molecule has 2 unspecified atom stereocenters. The van der Waals surface area contributed by atoms with E-state index in [4.69, 9.17) is 4.74 Å². The van der Waals surface area contributed by atoms with Crippen molar-refractivity contribution in [1.82, 2.24) is 20.0 Å². The molecule has 2 aliphatic heterocycles. The third-order valence-corrected chi connectivity index (χ3v) is 5.87. The van der Waals surface area contributed by atoms with E-state index in [0.717, 1.165) is 29.8 Å². The maximum atomic E-state index is 13.1. The third kappa shape index (κ3) is 3.26. The molecule has 2 bridgehead atoms. The van der Waals surface area contributed by atoms with Gasteiger partial charge in [-0.05, 0) is 43.2 Å². The van der Waals surface area contributed by atoms with Gasteiger partial charge >= 0.3 is 0 Å². The Labute approximate surface area is 174 Å². The highest BCUT2D eigenvalue weighted by atomic mass is 16.5. The van der Waals surface area contributed by atoms with Gasteiger partial charge in [0, 0.05) is 24.7 Å². The number of ether oxygens (including phenoxy) is 1. The summed E-state index contributed by atoms with van der Waals surface area (Å²) in [7, 11) is 0. The lowest BCUT2D eigenvalue weighted by atomic mass is 10.0. The maximum Gasteiger partial charge on any atom is 0.274 e. The Balaban J connectivity index is 1.38. The van der Waals surface area contributed by atoms with E-state index in [1.165, 1.54) is 0 Å². The molecule has 1 N–H and O–H groups in total. The Morgan fingerprint density at radius 2 is 1.93 bits per heavy atom. The van der Waals surface area contributed by atoms with Gasteiger partial charge in [-0.25, -0.2) is 0 Å². The molecular formula is C23H21N5O2. The highest BCUT2D eigenvalue weighted by molar-refractivity contribution is 5.94. The lowest BCUT2D eigenvalue weighted by Gasteiger charge is -2.31. The molecule has 0 aliphatic carbocycles. The number of nitrogens with zero attached hydrogens (tertiary/aromatic N) is 4. The minimum Gasteiger partial charge on any atom is -0.457 e. The number of aromatic nitrogens is 2. The zero-order chi connectivity index (χ0) is 20.5. The number of amides is 1. The Bertz CT molecular complexity index is 1100. The fraction of sp³-hybridized carbons (Fsp3) is 0.261. The van der Waals surface area contributed by atoms with Gasteiger partial charge < -0.3 is 14.5 Å². The maximum absolute atomic E-state index is 13.1. The predicted molar refractivity (Wildman–Crippen MR) is 111 cm³/mol. The van der Waals surface area contributed by atoms with Crippen LogP contribution in [-0.2, 0) is 0 Å². The zero-order valence-corrected chi connectivity index (χ0v) is 16.4. The van der Waals surface area contributed by atoms with Crippen molar-refractivity contribution < 1.29 is 9.53 Å². The zero-order valence-electron chi connectivity index (χ0n) is 16.4. The number of nitrogens with one attached hydrogen (secondary N) is 1. The molecule has 2 aliphatic rings. The fourth-order valence-corrected chi connectivity index (χ4v) is 4.36. The van der Waals surface area contributed by atoms with E-state index < -0.39 is 0 Å². The summed E-state index contributed by atoms with van der Waals surface area (Å²) in [6, 6.07) is 19.4. The molecule has 3 aromatic rings. The van der Waals surface area contributed by atoms with Crippen LogP contribution >= 0.6 is 0 Å². The van der Waals surface area contributed by atoms with Gasteiger partial charge in [0.15, 0.2) is 11.9 Å². The highest BCUT2D eigenvalue weighted by Gasteiger charge is 2.41. The molecule has 7 nitrogen and oxygen atoms in total. The molecule has 2 aromatic carbocycles. The van der Waals surface area contributed by atoms with Gasteiger partial charge in [0.25, 0.3) is 5.91 Å². The first-order valence-electron chi connectivity index (χ1n) is 10.1. The predicted octanol–water partition coefficient (Wildman–Crippen LogP) is 3.64. The van der Waals surface area contributed by atoms with Crippen LogP contribution in [0.1, 0.15) is 23.3 Å². The number of H-pyrrole nitrogens is 1. The molecule has 2 atom stereocenters. The van der Waals surface area contributed by atoms with Crippen molar-refractivity contribution in [1.29, 1.82) is 5.26 Å². The second-order valence-electron chi connectivity index (χ2n) is 7.66. The second-order valence-corrected chi connectivity index (χ2v) is 7.66. The van der Waals surface area contributed by atoms with Crippen LogP contribution in [0.15, 0.2) is 60.7 Å². The number of rotatable bonds is 4. The number of carbonyl (C=O) groups excluding carboxylic acids is 1. The largest absolute Gasteiger partial charge is 0.457 e. The number of nitriles is 1. The van der Waals surface area contributed by atoms with E-state index >= 15 is 0 Å². The number of fused-ring (bicyclic) bond motifs is 2. The van der Waals surface area contributed by atoms with E-state index in [1.54, 1.807) is 11.0 Å². The summed E-state index contributed by atoms with van der Waals surface area (Å²) >= 11 is 0. The number of piperidine rings is 1. The minimum atomic E-state index is -0.0952. The minimum absolute atomic E-state index is 0.0738. The van der Waals surface area contributed by atoms with E-state index in [2.05, 4.69) is 16.4 Å². The van der Waals surface area contributed by atoms with Gasteiger partial charge in [-0.3, -0.25) is 9.89 Å². The van der Waals surface area contributed by atoms with Crippen LogP contribution in [0.25, 0.3) is 11.3 Å². The normalized spacial score (nSPS) is 20.1. The van der Waals surface area contributed by atoms with E-state index in [0.29, 0.717) is 24.5 Å². The van der Waals surface area contributed by atoms with Gasteiger partial charge in [-0.2, -0.15) is 10.4 Å². The molecule has 150 valence electrons. The van der Waals surface area contributed by atoms with E-state index in [9.17, 15) is 10.1 Å². The van der Waals surface area contributed by atoms with Crippen molar-refractivity contribution in [3.63, 3.8) is 0 Å². The Kier molecular flexibility index (Phi) is 4.60. The number of likely N-dealkylation sites (tertiary alicyclic amines) is 2. The van der Waals surface area contributed by atoms with Gasteiger partial charge in [-0.1, -0.05) is 30.3 Å². The Hall–Kier alpha value is -3.79. The van der Waals surface area contributed by atoms with Gasteiger partial charge in [0.2, 0.25) is 0 Å². The molecule has 5 rings (SSSR count). The molecule has 30 heavy (non-hydrogen) atoms. The van der Waals surface area contributed by atoms with Gasteiger partial charge in [-0.15, -0.1) is 0 Å². The number of aromatic amines is 1. The summed E-state index contributed by atoms with van der Waals surface area (Å²) in [6.45, 7) is 1.26. The first-order valence-corrected chi connectivity index (χ1v) is 10.1. The fourth-order valence-electron chi connectivity index (χ4n) is 4.36. The van der Waals surface area contributed by atoms with Crippen LogP contribution in [0, 0.1) is 11.5 Å². The molecule has 2 fully saturated rings. The van der Waals surface area contributed by atoms with Crippen molar-refractivity contribution in [2.45, 2.75) is 24.9 Å². The second kappa shape index (κ2) is 7.56. The Morgan fingerprint density at radius 1 is 1.13 bits per heavy atom. The van der Waals surface area contributed by atoms with Crippen molar-refractivity contribution in [3.8, 4) is 28.9 Å². The quantitative estimate of drug-likeness (QED) is 0.677. The van der Waals surface area contributed by atoms with Crippen LogP contribution in [0.5, 0.6) is 11.5 Å². The van der Waals surface area contributed by atoms with Gasteiger partial charge in [0.1, 0.15) is 11.5 Å². The lowest BCUT2D eigenvalue weighted by molar-refractivity contribution is 0.0651. The SMILES string of the molecule is N#CN1CC2CC1CCN2C(=O)c1cc(-c2ccccc2Oc2ccccc2)[nH]n1. The van der Waals surface area contributed by atoms with Crippen LogP contribution in [0.4, 0.5) is 0 Å². The molecule has 1 aromatic heterocycles. The average molecular weight is 399 g/mol. The molecule has 0 radical (unpaired) electrons. The van der Waals surface area contributed by atoms with Crippen molar-refractivity contribution >= 4 is 5.91 Å². The summed E-state index contributed by atoms with van der Waals surface area (Å²) < 4.78 is 6.03. The standard InChI is InChI=1S/C23H21N5O2/c24-15-27-14-17-12-16(27)10-11-28(17)23(29)21-13-20(25-26-21)19-8-4-5-9-22(19)30-18-6-2-1-3-7-18/h1-9,13,16-17H,10-12,14H2,(H,25,26). The number of para-hydroxylation sites is 2. The van der Waals surface area contributed by atoms with E-state index in [1.807, 2.05) is 59.5 Å². The lowest BCUT2D eigenvalue weighted by Crippen LogP contribution is -2.44. The van der Waals surface area contributed by atoms with Gasteiger partial charge in [0.05, 0.1) is 11.7 Å². The molecule has 1 amide bonds. The van der Waals surface area contributed by atoms with Crippen LogP contribution < -0.4 is 4.74 Å². The molecule has 0 spiro atoms. The van der Waals surface area contributed by atoms with Crippen molar-refractivity contribution in [2.75, 3.05) is 13.1 Å². The first-order chi connectivity index (χ1) is 14.7. The summed E-state index contributed by atoms with van der Waals surface area (Å²) in [4.78, 5) is 16.8. The Morgan fingerprint density at radius 3 is 2.77 bits per heavy atom. The van der Waals surface area contributed by atoms with Crippen LogP contribution in [-0.4, -0.2) is 51.1 Å². The topological polar surface area (TPSA) is 85.3 Å². The summed E-state index contributed by atoms with van der Waals surface area (Å²) in [5, 5.41) is 16.5. The average Bonchev–Trinajstić information content (AvgIpc) is 3.39. The number of hydrogen-bond donors (Lipinski definition) is 1. The molecule has 0 saturated carbocycles. The van der Waals surface area contributed by atoms with Crippen LogP contribution in [0.2, 0.25) is 0 Å². The van der Waals surface area contributed by atoms with Crippen LogP contribution in [0.3, 0.4) is 0 Å². The van der Waals surface area contributed by atoms with Crippen molar-refractivity contribution in [2.24, 2.45) is 0 Å². The van der Waals surface area contributed by atoms with Crippen molar-refractivity contribution in [3.05, 3.63) is 66.4 Å².